The molecule has 6 nitrogen and oxygen atoms in total. The lowest BCUT2D eigenvalue weighted by molar-refractivity contribution is -0.137. The highest BCUT2D eigenvalue weighted by atomic mass is 127. The fourth-order valence-corrected chi connectivity index (χ4v) is 2.33. The van der Waals surface area contributed by atoms with Gasteiger partial charge in [0.25, 0.3) is 5.91 Å². The predicted octanol–water partition coefficient (Wildman–Crippen LogP) is 1.90. The minimum atomic E-state index is -0.959. The molecule has 0 saturated carbocycles. The van der Waals surface area contributed by atoms with Crippen LogP contribution in [0.5, 0.6) is 11.5 Å². The molecule has 0 spiro atoms. The monoisotopic (exact) mass is 393 g/mol. The summed E-state index contributed by atoms with van der Waals surface area (Å²) in [5.74, 6) is -0.320. The first kappa shape index (κ1) is 16.5. The fraction of sp³-hybridized carbons (Fsp3) is 0.385. The normalized spacial score (nSPS) is 11.6. The Balaban J connectivity index is 2.95. The molecule has 1 unspecified atom stereocenters. The van der Waals surface area contributed by atoms with E-state index in [0.29, 0.717) is 20.6 Å². The van der Waals surface area contributed by atoms with Crippen LogP contribution in [0.4, 0.5) is 0 Å². The summed E-state index contributed by atoms with van der Waals surface area (Å²) in [6, 6.07) is 2.81. The first-order valence-electron chi connectivity index (χ1n) is 5.83. The van der Waals surface area contributed by atoms with Crippen LogP contribution in [0.3, 0.4) is 0 Å². The molecule has 0 fully saturated rings. The Morgan fingerprint density at radius 3 is 2.35 bits per heavy atom. The van der Waals surface area contributed by atoms with E-state index >= 15 is 0 Å². The standard InChI is InChI=1S/C13H16INO5/c1-7(4-12(16)17)15-13(18)8-5-10(19-2)11(20-3)6-9(8)14/h5-7H,4H2,1-3H3,(H,15,18)(H,16,17). The molecule has 1 atom stereocenters. The number of hydrogen-bond acceptors (Lipinski definition) is 4. The van der Waals surface area contributed by atoms with Crippen molar-refractivity contribution in [2.24, 2.45) is 0 Å². The van der Waals surface area contributed by atoms with Crippen LogP contribution in [0.2, 0.25) is 0 Å². The number of halogens is 1. The van der Waals surface area contributed by atoms with Crippen molar-refractivity contribution in [1.29, 1.82) is 0 Å². The van der Waals surface area contributed by atoms with Crippen molar-refractivity contribution in [2.45, 2.75) is 19.4 Å². The van der Waals surface area contributed by atoms with Gasteiger partial charge in [0.15, 0.2) is 11.5 Å². The van der Waals surface area contributed by atoms with Crippen molar-refractivity contribution in [2.75, 3.05) is 14.2 Å². The number of ether oxygens (including phenoxy) is 2. The molecule has 7 heteroatoms. The maximum atomic E-state index is 12.1. The summed E-state index contributed by atoms with van der Waals surface area (Å²) in [5, 5.41) is 11.3. The van der Waals surface area contributed by atoms with Crippen LogP contribution in [0, 0.1) is 3.57 Å². The molecule has 0 heterocycles. The number of nitrogens with one attached hydrogen (secondary N) is 1. The second-order valence-corrected chi connectivity index (χ2v) is 5.32. The third kappa shape index (κ3) is 4.26. The number of benzene rings is 1. The van der Waals surface area contributed by atoms with Gasteiger partial charge in [-0.05, 0) is 41.6 Å². The van der Waals surface area contributed by atoms with E-state index in [2.05, 4.69) is 5.32 Å². The molecule has 0 bridgehead atoms. The topological polar surface area (TPSA) is 84.9 Å². The number of hydrogen-bond donors (Lipinski definition) is 2. The Morgan fingerprint density at radius 2 is 1.85 bits per heavy atom. The van der Waals surface area contributed by atoms with E-state index in [9.17, 15) is 9.59 Å². The zero-order chi connectivity index (χ0) is 15.3. The van der Waals surface area contributed by atoms with Gasteiger partial charge < -0.3 is 19.9 Å². The molecule has 1 amide bonds. The van der Waals surface area contributed by atoms with Crippen LogP contribution >= 0.6 is 22.6 Å². The van der Waals surface area contributed by atoms with Gasteiger partial charge in [0.2, 0.25) is 0 Å². The molecular formula is C13H16INO5. The summed E-state index contributed by atoms with van der Waals surface area (Å²) < 4.78 is 11.0. The maximum absolute atomic E-state index is 12.1. The summed E-state index contributed by atoms with van der Waals surface area (Å²) in [7, 11) is 3.00. The lowest BCUT2D eigenvalue weighted by atomic mass is 10.1. The van der Waals surface area contributed by atoms with Gasteiger partial charge in [0.05, 0.1) is 26.2 Å². The molecule has 0 aliphatic rings. The van der Waals surface area contributed by atoms with Gasteiger partial charge in [-0.25, -0.2) is 0 Å². The zero-order valence-electron chi connectivity index (χ0n) is 11.4. The van der Waals surface area contributed by atoms with Gasteiger partial charge in [0, 0.05) is 9.61 Å². The van der Waals surface area contributed by atoms with E-state index in [1.54, 1.807) is 19.1 Å². The van der Waals surface area contributed by atoms with Gasteiger partial charge in [-0.15, -0.1) is 0 Å². The summed E-state index contributed by atoms with van der Waals surface area (Å²) in [6.45, 7) is 1.64. The first-order chi connectivity index (χ1) is 9.38. The number of carboxylic acid groups (broad SMARTS) is 1. The second kappa shape index (κ2) is 7.32. The molecule has 0 aliphatic heterocycles. The third-order valence-corrected chi connectivity index (χ3v) is 3.47. The average Bonchev–Trinajstić information content (AvgIpc) is 2.36. The smallest absolute Gasteiger partial charge is 0.305 e. The van der Waals surface area contributed by atoms with Crippen molar-refractivity contribution in [3.8, 4) is 11.5 Å². The molecule has 0 aliphatic carbocycles. The van der Waals surface area contributed by atoms with Crippen molar-refractivity contribution < 1.29 is 24.2 Å². The second-order valence-electron chi connectivity index (χ2n) is 4.16. The highest BCUT2D eigenvalue weighted by Gasteiger charge is 2.18. The molecule has 1 rings (SSSR count). The van der Waals surface area contributed by atoms with Crippen molar-refractivity contribution in [3.05, 3.63) is 21.3 Å². The number of rotatable bonds is 6. The Kier molecular flexibility index (Phi) is 6.05. The van der Waals surface area contributed by atoms with Gasteiger partial charge in [-0.3, -0.25) is 9.59 Å². The Bertz CT molecular complexity index is 518. The summed E-state index contributed by atoms with van der Waals surface area (Å²) in [5.41, 5.74) is 0.417. The van der Waals surface area contributed by atoms with Gasteiger partial charge in [-0.2, -0.15) is 0 Å². The minimum absolute atomic E-state index is 0.129. The lowest BCUT2D eigenvalue weighted by Gasteiger charge is -2.14. The summed E-state index contributed by atoms with van der Waals surface area (Å²) in [6.07, 6.45) is -0.129. The van der Waals surface area contributed by atoms with Crippen molar-refractivity contribution >= 4 is 34.5 Å². The summed E-state index contributed by atoms with van der Waals surface area (Å²) in [4.78, 5) is 22.7. The van der Waals surface area contributed by atoms with E-state index in [1.807, 2.05) is 22.6 Å². The Hall–Kier alpha value is -1.51. The van der Waals surface area contributed by atoms with E-state index in [0.717, 1.165) is 0 Å². The predicted molar refractivity (Wildman–Crippen MR) is 81.4 cm³/mol. The SMILES string of the molecule is COc1cc(I)c(C(=O)NC(C)CC(=O)O)cc1OC. The molecular weight excluding hydrogens is 377 g/mol. The molecule has 0 radical (unpaired) electrons. The van der Waals surface area contributed by atoms with Crippen LogP contribution in [-0.4, -0.2) is 37.2 Å². The average molecular weight is 393 g/mol. The van der Waals surface area contributed by atoms with E-state index < -0.39 is 12.0 Å². The minimum Gasteiger partial charge on any atom is -0.493 e. The molecule has 0 saturated heterocycles. The number of carbonyl (C=O) groups is 2. The zero-order valence-corrected chi connectivity index (χ0v) is 13.6. The van der Waals surface area contributed by atoms with E-state index in [-0.39, 0.29) is 12.3 Å². The maximum Gasteiger partial charge on any atom is 0.305 e. The number of carbonyl (C=O) groups excluding carboxylic acids is 1. The highest BCUT2D eigenvalue weighted by molar-refractivity contribution is 14.1. The third-order valence-electron chi connectivity index (χ3n) is 2.58. The van der Waals surface area contributed by atoms with Crippen LogP contribution in [-0.2, 0) is 4.79 Å². The van der Waals surface area contributed by atoms with Crippen molar-refractivity contribution in [1.82, 2.24) is 5.32 Å². The molecule has 20 heavy (non-hydrogen) atoms. The largest absolute Gasteiger partial charge is 0.493 e. The quantitative estimate of drug-likeness (QED) is 0.722. The Morgan fingerprint density at radius 1 is 1.30 bits per heavy atom. The molecule has 1 aromatic rings. The Labute approximate surface area is 130 Å². The number of methoxy groups -OCH3 is 2. The highest BCUT2D eigenvalue weighted by Crippen LogP contribution is 2.31. The number of aliphatic carboxylic acids is 1. The van der Waals surface area contributed by atoms with Gasteiger partial charge >= 0.3 is 5.97 Å². The fourth-order valence-electron chi connectivity index (χ4n) is 1.64. The first-order valence-corrected chi connectivity index (χ1v) is 6.91. The number of amides is 1. The summed E-state index contributed by atoms with van der Waals surface area (Å²) >= 11 is 2.02. The molecule has 0 aromatic heterocycles. The lowest BCUT2D eigenvalue weighted by Crippen LogP contribution is -2.34. The van der Waals surface area contributed by atoms with Crippen LogP contribution in [0.15, 0.2) is 12.1 Å². The number of carboxylic acids is 1. The van der Waals surface area contributed by atoms with Gasteiger partial charge in [0.1, 0.15) is 0 Å². The van der Waals surface area contributed by atoms with Gasteiger partial charge in [-0.1, -0.05) is 0 Å². The van der Waals surface area contributed by atoms with Crippen LogP contribution in [0.1, 0.15) is 23.7 Å². The molecule has 2 N–H and O–H groups in total. The molecule has 110 valence electrons. The molecule has 1 aromatic carbocycles. The van der Waals surface area contributed by atoms with E-state index in [4.69, 9.17) is 14.6 Å². The van der Waals surface area contributed by atoms with Crippen LogP contribution < -0.4 is 14.8 Å². The van der Waals surface area contributed by atoms with Crippen LogP contribution in [0.25, 0.3) is 0 Å². The van der Waals surface area contributed by atoms with Crippen molar-refractivity contribution in [3.63, 3.8) is 0 Å². The van der Waals surface area contributed by atoms with E-state index in [1.165, 1.54) is 14.2 Å².